The van der Waals surface area contributed by atoms with Gasteiger partial charge in [-0.3, -0.25) is 9.59 Å². The lowest BCUT2D eigenvalue weighted by molar-refractivity contribution is -0.133. The van der Waals surface area contributed by atoms with Gasteiger partial charge in [0.25, 0.3) is 0 Å². The molecule has 0 heterocycles. The summed E-state index contributed by atoms with van der Waals surface area (Å²) in [7, 11) is 0. The Morgan fingerprint density at radius 2 is 1.71 bits per heavy atom. The molecule has 0 aromatic heterocycles. The second-order valence-electron chi connectivity index (χ2n) is 6.83. The maximum absolute atomic E-state index is 13.7. The number of hydrogen-bond donors (Lipinski definition) is 2. The zero-order valence-corrected chi connectivity index (χ0v) is 13.9. The molecule has 2 amide bonds. The summed E-state index contributed by atoms with van der Waals surface area (Å²) in [5.41, 5.74) is -0.0772. The number of carbonyl (C=O) groups excluding carboxylic acids is 2. The van der Waals surface area contributed by atoms with Crippen molar-refractivity contribution in [3.63, 3.8) is 0 Å². The van der Waals surface area contributed by atoms with E-state index in [0.717, 1.165) is 5.56 Å². The molecule has 0 radical (unpaired) electrons. The van der Waals surface area contributed by atoms with E-state index in [4.69, 9.17) is 0 Å². The van der Waals surface area contributed by atoms with Crippen molar-refractivity contribution in [2.24, 2.45) is 5.41 Å². The quantitative estimate of drug-likeness (QED) is 0.832. The average molecular weight is 328 g/mol. The van der Waals surface area contributed by atoms with E-state index >= 15 is 0 Å². The molecule has 5 heteroatoms. The molecule has 126 valence electrons. The molecular formula is C19H21FN2O2. The third kappa shape index (κ3) is 3.40. The third-order valence-electron chi connectivity index (χ3n) is 4.52. The lowest BCUT2D eigenvalue weighted by atomic mass is 9.97. The van der Waals surface area contributed by atoms with Crippen molar-refractivity contribution in [3.8, 4) is 0 Å². The topological polar surface area (TPSA) is 58.2 Å². The van der Waals surface area contributed by atoms with E-state index in [1.54, 1.807) is 12.2 Å². The Kier molecular flexibility index (Phi) is 4.03. The molecular weight excluding hydrogens is 307 g/mol. The van der Waals surface area contributed by atoms with Crippen LogP contribution < -0.4 is 10.6 Å². The van der Waals surface area contributed by atoms with Gasteiger partial charge >= 0.3 is 0 Å². The maximum Gasteiger partial charge on any atom is 0.240 e. The summed E-state index contributed by atoms with van der Waals surface area (Å²) in [4.78, 5) is 25.0. The first-order valence-electron chi connectivity index (χ1n) is 8.09. The van der Waals surface area contributed by atoms with Crippen molar-refractivity contribution >= 4 is 17.5 Å². The zero-order chi connectivity index (χ0) is 17.4. The smallest absolute Gasteiger partial charge is 0.240 e. The van der Waals surface area contributed by atoms with E-state index in [0.29, 0.717) is 24.2 Å². The fraction of sp³-hybridized carbons (Fsp3) is 0.368. The largest absolute Gasteiger partial charge is 0.325 e. The Morgan fingerprint density at radius 3 is 2.25 bits per heavy atom. The lowest BCUT2D eigenvalue weighted by Crippen LogP contribution is -2.39. The fourth-order valence-corrected chi connectivity index (χ4v) is 2.62. The summed E-state index contributed by atoms with van der Waals surface area (Å²) in [6.07, 6.45) is 5.88. The standard InChI is InChI=1S/C19H21FN2O2/c1-13-3-5-14(6-4-13)21-16(23)19(11-12-19)17(24)22-15-7-9-18(2,20)10-8-15/h3-9H,10-12H2,1-2H3,(H,21,23)(H,22,24). The van der Waals surface area contributed by atoms with Gasteiger partial charge in [0.15, 0.2) is 0 Å². The normalized spacial score (nSPS) is 24.0. The number of allylic oxidation sites excluding steroid dienone is 3. The minimum absolute atomic E-state index is 0.210. The van der Waals surface area contributed by atoms with Crippen LogP contribution in [0.4, 0.5) is 10.1 Å². The van der Waals surface area contributed by atoms with Crippen molar-refractivity contribution in [1.82, 2.24) is 5.32 Å². The Morgan fingerprint density at radius 1 is 1.08 bits per heavy atom. The highest BCUT2D eigenvalue weighted by molar-refractivity contribution is 6.13. The number of halogens is 1. The van der Waals surface area contributed by atoms with Crippen LogP contribution in [0.2, 0.25) is 0 Å². The number of aryl methyl sites for hydroxylation is 1. The molecule has 2 aliphatic rings. The number of hydrogen-bond acceptors (Lipinski definition) is 2. The molecule has 1 aromatic rings. The molecule has 24 heavy (non-hydrogen) atoms. The number of alkyl halides is 1. The average Bonchev–Trinajstić information content (AvgIpc) is 3.33. The van der Waals surface area contributed by atoms with E-state index < -0.39 is 11.1 Å². The van der Waals surface area contributed by atoms with Gasteiger partial charge in [0.1, 0.15) is 11.1 Å². The van der Waals surface area contributed by atoms with E-state index in [1.165, 1.54) is 13.0 Å². The van der Waals surface area contributed by atoms with Gasteiger partial charge < -0.3 is 10.6 Å². The van der Waals surface area contributed by atoms with Crippen molar-refractivity contribution < 1.29 is 14.0 Å². The minimum Gasteiger partial charge on any atom is -0.325 e. The molecule has 1 aromatic carbocycles. The van der Waals surface area contributed by atoms with Crippen LogP contribution >= 0.6 is 0 Å². The summed E-state index contributed by atoms with van der Waals surface area (Å²) in [6.45, 7) is 3.45. The van der Waals surface area contributed by atoms with Crippen molar-refractivity contribution in [2.45, 2.75) is 38.8 Å². The number of benzene rings is 1. The highest BCUT2D eigenvalue weighted by Gasteiger charge is 2.56. The van der Waals surface area contributed by atoms with Gasteiger partial charge in [0.2, 0.25) is 11.8 Å². The summed E-state index contributed by atoms with van der Waals surface area (Å²) in [6, 6.07) is 7.44. The fourth-order valence-electron chi connectivity index (χ4n) is 2.62. The van der Waals surface area contributed by atoms with E-state index in [-0.39, 0.29) is 18.2 Å². The monoisotopic (exact) mass is 328 g/mol. The second-order valence-corrected chi connectivity index (χ2v) is 6.83. The van der Waals surface area contributed by atoms with Gasteiger partial charge in [-0.1, -0.05) is 23.8 Å². The number of anilines is 1. The number of rotatable bonds is 4. The van der Waals surface area contributed by atoms with Crippen LogP contribution in [0.15, 0.2) is 48.2 Å². The highest BCUT2D eigenvalue weighted by atomic mass is 19.1. The highest BCUT2D eigenvalue weighted by Crippen LogP contribution is 2.47. The Bertz CT molecular complexity index is 728. The van der Waals surface area contributed by atoms with Crippen LogP contribution in [-0.4, -0.2) is 17.5 Å². The minimum atomic E-state index is -1.38. The zero-order valence-electron chi connectivity index (χ0n) is 13.9. The molecule has 2 N–H and O–H groups in total. The summed E-state index contributed by atoms with van der Waals surface area (Å²) in [5, 5.41) is 5.55. The molecule has 1 saturated carbocycles. The van der Waals surface area contributed by atoms with Gasteiger partial charge in [0.05, 0.1) is 0 Å². The first-order valence-corrected chi connectivity index (χ1v) is 8.09. The molecule has 4 nitrogen and oxygen atoms in total. The molecule has 0 bridgehead atoms. The molecule has 2 aliphatic carbocycles. The van der Waals surface area contributed by atoms with Gasteiger partial charge in [0, 0.05) is 17.8 Å². The predicted molar refractivity (Wildman–Crippen MR) is 91.0 cm³/mol. The van der Waals surface area contributed by atoms with E-state index in [1.807, 2.05) is 31.2 Å². The number of amides is 2. The van der Waals surface area contributed by atoms with Crippen LogP contribution in [-0.2, 0) is 9.59 Å². The number of carbonyl (C=O) groups is 2. The SMILES string of the molecule is Cc1ccc(NC(=O)C2(C(=O)NC3=CCC(C)(F)C=C3)CC2)cc1. The molecule has 0 aliphatic heterocycles. The van der Waals surface area contributed by atoms with Gasteiger partial charge in [-0.05, 0) is 51.0 Å². The summed E-state index contributed by atoms with van der Waals surface area (Å²) in [5.74, 6) is -0.620. The van der Waals surface area contributed by atoms with Gasteiger partial charge in [-0.25, -0.2) is 4.39 Å². The Labute approximate surface area is 140 Å². The molecule has 1 unspecified atom stereocenters. The van der Waals surface area contributed by atoms with Crippen LogP contribution in [0.5, 0.6) is 0 Å². The number of nitrogens with one attached hydrogen (secondary N) is 2. The summed E-state index contributed by atoms with van der Waals surface area (Å²) >= 11 is 0. The van der Waals surface area contributed by atoms with Crippen LogP contribution in [0.1, 0.15) is 31.7 Å². The van der Waals surface area contributed by atoms with Crippen molar-refractivity contribution in [2.75, 3.05) is 5.32 Å². The molecule has 0 saturated heterocycles. The molecule has 1 atom stereocenters. The van der Waals surface area contributed by atoms with Gasteiger partial charge in [-0.15, -0.1) is 0 Å². The molecule has 3 rings (SSSR count). The van der Waals surface area contributed by atoms with Crippen LogP contribution in [0.25, 0.3) is 0 Å². The third-order valence-corrected chi connectivity index (χ3v) is 4.52. The van der Waals surface area contributed by atoms with Crippen LogP contribution in [0, 0.1) is 12.3 Å². The van der Waals surface area contributed by atoms with Crippen molar-refractivity contribution in [1.29, 1.82) is 0 Å². The second kappa shape index (κ2) is 5.89. The molecule has 0 spiro atoms. The molecule has 1 fully saturated rings. The summed E-state index contributed by atoms with van der Waals surface area (Å²) < 4.78 is 13.7. The first kappa shape index (κ1) is 16.4. The Balaban J connectivity index is 1.64. The van der Waals surface area contributed by atoms with E-state index in [2.05, 4.69) is 10.6 Å². The first-order chi connectivity index (χ1) is 11.3. The predicted octanol–water partition coefficient (Wildman–Crippen LogP) is 3.40. The lowest BCUT2D eigenvalue weighted by Gasteiger charge is -2.21. The maximum atomic E-state index is 13.7. The van der Waals surface area contributed by atoms with Crippen LogP contribution in [0.3, 0.4) is 0 Å². The van der Waals surface area contributed by atoms with Crippen molar-refractivity contribution in [3.05, 3.63) is 53.8 Å². The van der Waals surface area contributed by atoms with E-state index in [9.17, 15) is 14.0 Å². The van der Waals surface area contributed by atoms with Gasteiger partial charge in [-0.2, -0.15) is 0 Å². The Hall–Kier alpha value is -2.43.